The van der Waals surface area contributed by atoms with Gasteiger partial charge in [0.2, 0.25) is 5.91 Å². The van der Waals surface area contributed by atoms with Crippen LogP contribution in [0, 0.1) is 5.41 Å². The van der Waals surface area contributed by atoms with Gasteiger partial charge in [0.05, 0.1) is 37.3 Å². The number of methoxy groups -OCH3 is 1. The smallest absolute Gasteiger partial charge is 0.410 e. The maximum atomic E-state index is 13.3. The van der Waals surface area contributed by atoms with Crippen LogP contribution in [-0.4, -0.2) is 79.8 Å². The molecule has 2 aromatic heterocycles. The number of amides is 3. The molecule has 7 rings (SSSR count). The van der Waals surface area contributed by atoms with E-state index in [1.165, 1.54) is 7.11 Å². The number of hydrogen-bond acceptors (Lipinski definition) is 7. The topological polar surface area (TPSA) is 135 Å². The number of hydrogen-bond donors (Lipinski definition) is 2. The van der Waals surface area contributed by atoms with E-state index in [1.807, 2.05) is 38.8 Å². The first kappa shape index (κ1) is 37.7. The first-order chi connectivity index (χ1) is 26.4. The summed E-state index contributed by atoms with van der Waals surface area (Å²) in [5.41, 5.74) is 5.60. The number of carbonyl (C=O) groups is 3. The van der Waals surface area contributed by atoms with Crippen LogP contribution in [0.5, 0.6) is 0 Å². The summed E-state index contributed by atoms with van der Waals surface area (Å²) >= 11 is 0. The number of carbonyl (C=O) groups excluding carboxylic acids is 3. The number of benzene rings is 3. The van der Waals surface area contributed by atoms with E-state index in [0.29, 0.717) is 25.5 Å². The summed E-state index contributed by atoms with van der Waals surface area (Å²) in [5, 5.41) is 4.79. The molecule has 0 bridgehead atoms. The Hall–Kier alpha value is -5.65. The number of ether oxygens (including phenoxy) is 2. The van der Waals surface area contributed by atoms with E-state index in [4.69, 9.17) is 9.72 Å². The number of likely N-dealkylation sites (tertiary alicyclic amines) is 1. The van der Waals surface area contributed by atoms with Gasteiger partial charge >= 0.3 is 12.2 Å². The highest BCUT2D eigenvalue weighted by Gasteiger charge is 2.54. The van der Waals surface area contributed by atoms with Crippen molar-refractivity contribution in [1.82, 2.24) is 34.6 Å². The zero-order valence-corrected chi connectivity index (χ0v) is 32.6. The Labute approximate surface area is 322 Å². The third kappa shape index (κ3) is 8.38. The van der Waals surface area contributed by atoms with Crippen molar-refractivity contribution in [3.63, 3.8) is 0 Å². The molecule has 1 spiro atoms. The maximum Gasteiger partial charge on any atom is 0.410 e. The Bertz CT molecular complexity index is 2190. The number of fused-ring (bicyclic) bond motifs is 1. The van der Waals surface area contributed by atoms with Gasteiger partial charge in [-0.3, -0.25) is 4.79 Å². The lowest BCUT2D eigenvalue weighted by atomic mass is 9.98. The summed E-state index contributed by atoms with van der Waals surface area (Å²) < 4.78 is 12.4. The van der Waals surface area contributed by atoms with Crippen LogP contribution in [0.25, 0.3) is 44.4 Å². The summed E-state index contributed by atoms with van der Waals surface area (Å²) in [6.07, 6.45) is 6.85. The molecule has 2 fully saturated rings. The molecular formula is C43H51N7O5. The lowest BCUT2D eigenvalue weighted by Crippen LogP contribution is -2.40. The third-order valence-electron chi connectivity index (χ3n) is 10.6. The second-order valence-electron chi connectivity index (χ2n) is 15.9. The molecule has 12 nitrogen and oxygen atoms in total. The van der Waals surface area contributed by atoms with E-state index in [0.717, 1.165) is 82.5 Å². The number of H-pyrrole nitrogens is 1. The molecule has 1 aliphatic carbocycles. The van der Waals surface area contributed by atoms with Gasteiger partial charge in [0.15, 0.2) is 0 Å². The number of imidazole rings is 2. The molecule has 3 heterocycles. The SMILES string of the molecule is CCCN(Cc1ncc(-c2ccc(-c3ccc4cc(-c5cn(CC)c(C6CC7(CC7)CN6C(=O)CNC(=O)OC)n5)ccc4c3)cc2)[nH]1)C(=O)OC(C)(C)C. The fraction of sp³-hybridized carbons (Fsp3) is 0.419. The summed E-state index contributed by atoms with van der Waals surface area (Å²) in [5.74, 6) is 1.47. The van der Waals surface area contributed by atoms with E-state index in [1.54, 1.807) is 4.90 Å². The molecule has 1 aliphatic heterocycles. The minimum absolute atomic E-state index is 0.0995. The van der Waals surface area contributed by atoms with Crippen LogP contribution < -0.4 is 5.32 Å². The number of aromatic amines is 1. The Morgan fingerprint density at radius 3 is 2.29 bits per heavy atom. The Morgan fingerprint density at radius 1 is 0.964 bits per heavy atom. The average molecular weight is 746 g/mol. The van der Waals surface area contributed by atoms with Gasteiger partial charge in [0.25, 0.3) is 0 Å². The van der Waals surface area contributed by atoms with Crippen LogP contribution >= 0.6 is 0 Å². The standard InChI is InChI=1S/C43H51N7O5/c1-7-19-49(41(53)55-42(3,4)5)26-37-44-23-34(46-37)29-11-9-28(10-12-29)30-13-14-32-21-33(16-15-31(32)20-30)35-25-48(8-2)39(47-35)36-22-43(17-18-43)27-50(36)38(51)24-45-40(52)54-6/h9-16,20-21,23,25,36H,7-8,17-19,22,24,26-27H2,1-6H3,(H,44,46)(H,45,52). The number of nitrogens with zero attached hydrogens (tertiary/aromatic N) is 5. The number of rotatable bonds is 11. The monoisotopic (exact) mass is 745 g/mol. The van der Waals surface area contributed by atoms with Gasteiger partial charge in [-0.15, -0.1) is 0 Å². The molecule has 2 N–H and O–H groups in total. The summed E-state index contributed by atoms with van der Waals surface area (Å²) in [6, 6.07) is 21.2. The zero-order valence-electron chi connectivity index (χ0n) is 32.6. The molecule has 1 saturated heterocycles. The van der Waals surface area contributed by atoms with E-state index >= 15 is 0 Å². The average Bonchev–Trinajstić information content (AvgIpc) is 3.47. The van der Waals surface area contributed by atoms with Crippen LogP contribution in [0.3, 0.4) is 0 Å². The molecule has 3 aromatic carbocycles. The predicted molar refractivity (Wildman–Crippen MR) is 212 cm³/mol. The molecule has 1 saturated carbocycles. The minimum atomic E-state index is -0.613. The molecule has 288 valence electrons. The van der Waals surface area contributed by atoms with E-state index < -0.39 is 11.7 Å². The van der Waals surface area contributed by atoms with Gasteiger partial charge in [-0.1, -0.05) is 55.5 Å². The quantitative estimate of drug-likeness (QED) is 0.139. The van der Waals surface area contributed by atoms with Crippen molar-refractivity contribution in [1.29, 1.82) is 0 Å². The van der Waals surface area contributed by atoms with Crippen LogP contribution in [0.1, 0.15) is 78.0 Å². The van der Waals surface area contributed by atoms with Gasteiger partial charge < -0.3 is 34.1 Å². The molecule has 2 aliphatic rings. The highest BCUT2D eigenvalue weighted by Crippen LogP contribution is 2.58. The minimum Gasteiger partial charge on any atom is -0.453 e. The first-order valence-corrected chi connectivity index (χ1v) is 19.2. The van der Waals surface area contributed by atoms with Crippen LogP contribution in [0.4, 0.5) is 9.59 Å². The second-order valence-corrected chi connectivity index (χ2v) is 15.9. The highest BCUT2D eigenvalue weighted by atomic mass is 16.6. The molecule has 1 unspecified atom stereocenters. The van der Waals surface area contributed by atoms with Crippen molar-refractivity contribution >= 4 is 28.9 Å². The van der Waals surface area contributed by atoms with Gasteiger partial charge in [0, 0.05) is 31.4 Å². The van der Waals surface area contributed by atoms with E-state index in [2.05, 4.69) is 98.4 Å². The van der Waals surface area contributed by atoms with Gasteiger partial charge in [0.1, 0.15) is 23.8 Å². The van der Waals surface area contributed by atoms with Crippen molar-refractivity contribution in [2.75, 3.05) is 26.7 Å². The molecule has 1 atom stereocenters. The third-order valence-corrected chi connectivity index (χ3v) is 10.6. The zero-order chi connectivity index (χ0) is 38.9. The fourth-order valence-electron chi connectivity index (χ4n) is 7.53. The van der Waals surface area contributed by atoms with Gasteiger partial charge in [-0.2, -0.15) is 0 Å². The lowest BCUT2D eigenvalue weighted by molar-refractivity contribution is -0.131. The second kappa shape index (κ2) is 15.2. The van der Waals surface area contributed by atoms with E-state index in [9.17, 15) is 14.4 Å². The molecule has 5 aromatic rings. The van der Waals surface area contributed by atoms with Crippen LogP contribution in [0.15, 0.2) is 73.1 Å². The first-order valence-electron chi connectivity index (χ1n) is 19.2. The van der Waals surface area contributed by atoms with E-state index in [-0.39, 0.29) is 30.0 Å². The van der Waals surface area contributed by atoms with Gasteiger partial charge in [-0.05, 0) is 98.4 Å². The molecular weight excluding hydrogens is 695 g/mol. The number of aromatic nitrogens is 4. The van der Waals surface area contributed by atoms with Crippen LogP contribution in [-0.2, 0) is 27.4 Å². The molecule has 55 heavy (non-hydrogen) atoms. The summed E-state index contributed by atoms with van der Waals surface area (Å²) in [6.45, 7) is 12.0. The van der Waals surface area contributed by atoms with Crippen molar-refractivity contribution in [3.8, 4) is 33.6 Å². The molecule has 12 heteroatoms. The summed E-state index contributed by atoms with van der Waals surface area (Å²) in [7, 11) is 1.29. The normalized spacial score (nSPS) is 16.0. The number of nitrogens with one attached hydrogen (secondary N) is 2. The largest absolute Gasteiger partial charge is 0.453 e. The van der Waals surface area contributed by atoms with Crippen molar-refractivity contribution in [3.05, 3.63) is 84.7 Å². The van der Waals surface area contributed by atoms with Crippen molar-refractivity contribution in [2.24, 2.45) is 5.41 Å². The molecule has 0 radical (unpaired) electrons. The number of aryl methyl sites for hydroxylation is 1. The summed E-state index contributed by atoms with van der Waals surface area (Å²) in [4.78, 5) is 54.4. The predicted octanol–water partition coefficient (Wildman–Crippen LogP) is 8.34. The Morgan fingerprint density at radius 2 is 1.64 bits per heavy atom. The Balaban J connectivity index is 1.05. The maximum absolute atomic E-state index is 13.3. The van der Waals surface area contributed by atoms with Crippen LogP contribution in [0.2, 0.25) is 0 Å². The highest BCUT2D eigenvalue weighted by molar-refractivity contribution is 5.90. The Kier molecular flexibility index (Phi) is 10.4. The van der Waals surface area contributed by atoms with Crippen molar-refractivity contribution in [2.45, 2.75) is 85.0 Å². The lowest BCUT2D eigenvalue weighted by Gasteiger charge is -2.26. The fourth-order valence-corrected chi connectivity index (χ4v) is 7.53. The number of alkyl carbamates (subject to hydrolysis) is 1. The molecule has 3 amide bonds. The van der Waals surface area contributed by atoms with Crippen molar-refractivity contribution < 1.29 is 23.9 Å². The van der Waals surface area contributed by atoms with Gasteiger partial charge in [-0.25, -0.2) is 19.6 Å².